The first-order chi connectivity index (χ1) is 16.5. The molecule has 0 aliphatic carbocycles. The molecule has 34 heavy (non-hydrogen) atoms. The van der Waals surface area contributed by atoms with Crippen molar-refractivity contribution < 1.29 is 23.4 Å². The lowest BCUT2D eigenvalue weighted by atomic mass is 10.1. The Morgan fingerprint density at radius 2 is 1.62 bits per heavy atom. The Bertz CT molecular complexity index is 1130. The fourth-order valence-electron chi connectivity index (χ4n) is 3.78. The number of carbonyl (C=O) groups excluding carboxylic acids is 1. The number of anilines is 2. The topological polar surface area (TPSA) is 89.1 Å². The largest absolute Gasteiger partial charge is 0.493 e. The van der Waals surface area contributed by atoms with Crippen molar-refractivity contribution in [2.24, 2.45) is 0 Å². The molecule has 1 aliphatic heterocycles. The minimum atomic E-state index is -0.392. The molecular formula is C24H26FN5O4. The first kappa shape index (κ1) is 23.1. The highest BCUT2D eigenvalue weighted by Crippen LogP contribution is 2.40. The normalized spacial score (nSPS) is 13.4. The van der Waals surface area contributed by atoms with Crippen LogP contribution in [0.4, 0.5) is 20.7 Å². The number of benzene rings is 2. The van der Waals surface area contributed by atoms with Crippen molar-refractivity contribution in [3.05, 3.63) is 54.3 Å². The fraction of sp³-hybridized carbons (Fsp3) is 0.292. The molecule has 1 N–H and O–H groups in total. The summed E-state index contributed by atoms with van der Waals surface area (Å²) in [7, 11) is 4.68. The average Bonchev–Trinajstić information content (AvgIpc) is 2.88. The van der Waals surface area contributed by atoms with Gasteiger partial charge in [-0.15, -0.1) is 10.2 Å². The van der Waals surface area contributed by atoms with Gasteiger partial charge in [0.05, 0.1) is 27.0 Å². The molecule has 1 aromatic heterocycles. The van der Waals surface area contributed by atoms with E-state index >= 15 is 0 Å². The van der Waals surface area contributed by atoms with Gasteiger partial charge in [-0.3, -0.25) is 0 Å². The molecule has 9 nitrogen and oxygen atoms in total. The number of carbonyl (C=O) groups is 1. The van der Waals surface area contributed by atoms with Gasteiger partial charge in [-0.2, -0.15) is 0 Å². The number of urea groups is 1. The summed E-state index contributed by atoms with van der Waals surface area (Å²) in [5, 5.41) is 11.5. The standard InChI is InChI=1S/C24H26FN5O4/c1-32-20-13-16(14-21(33-2)23(20)34-3)19-7-8-22(28-27-19)29-9-11-30(12-10-29)24(31)26-18-6-4-5-17(25)15-18/h4-8,13-15H,9-12H2,1-3H3,(H,26,31). The highest BCUT2D eigenvalue weighted by molar-refractivity contribution is 5.89. The number of piperazine rings is 1. The molecule has 4 rings (SSSR count). The van der Waals surface area contributed by atoms with E-state index in [1.54, 1.807) is 38.4 Å². The van der Waals surface area contributed by atoms with Crippen LogP contribution < -0.4 is 24.4 Å². The Morgan fingerprint density at radius 3 is 2.18 bits per heavy atom. The number of nitrogens with one attached hydrogen (secondary N) is 1. The third-order valence-electron chi connectivity index (χ3n) is 5.58. The number of amides is 2. The summed E-state index contributed by atoms with van der Waals surface area (Å²) in [4.78, 5) is 16.3. The monoisotopic (exact) mass is 467 g/mol. The maximum Gasteiger partial charge on any atom is 0.321 e. The van der Waals surface area contributed by atoms with Gasteiger partial charge in [-0.25, -0.2) is 9.18 Å². The van der Waals surface area contributed by atoms with Crippen LogP contribution in [-0.2, 0) is 0 Å². The van der Waals surface area contributed by atoms with E-state index in [2.05, 4.69) is 20.4 Å². The third-order valence-corrected chi connectivity index (χ3v) is 5.58. The number of hydrogen-bond donors (Lipinski definition) is 1. The zero-order valence-electron chi connectivity index (χ0n) is 19.2. The minimum Gasteiger partial charge on any atom is -0.493 e. The second-order valence-electron chi connectivity index (χ2n) is 7.61. The zero-order valence-corrected chi connectivity index (χ0v) is 19.2. The smallest absolute Gasteiger partial charge is 0.321 e. The van der Waals surface area contributed by atoms with E-state index in [0.29, 0.717) is 54.8 Å². The molecule has 0 unspecified atom stereocenters. The van der Waals surface area contributed by atoms with Crippen molar-refractivity contribution >= 4 is 17.5 Å². The van der Waals surface area contributed by atoms with Crippen LogP contribution in [0.3, 0.4) is 0 Å². The van der Waals surface area contributed by atoms with E-state index in [1.165, 1.54) is 12.1 Å². The van der Waals surface area contributed by atoms with Gasteiger partial charge < -0.3 is 29.3 Å². The molecule has 0 saturated carbocycles. The zero-order chi connectivity index (χ0) is 24.1. The van der Waals surface area contributed by atoms with Crippen LogP contribution in [0.1, 0.15) is 0 Å². The van der Waals surface area contributed by atoms with Gasteiger partial charge in [-0.05, 0) is 42.5 Å². The SMILES string of the molecule is COc1cc(-c2ccc(N3CCN(C(=O)Nc4cccc(F)c4)CC3)nn2)cc(OC)c1OC. The van der Waals surface area contributed by atoms with Crippen molar-refractivity contribution in [3.8, 4) is 28.5 Å². The summed E-state index contributed by atoms with van der Waals surface area (Å²) < 4.78 is 29.5. The molecule has 2 heterocycles. The lowest BCUT2D eigenvalue weighted by Crippen LogP contribution is -2.50. The lowest BCUT2D eigenvalue weighted by Gasteiger charge is -2.35. The Kier molecular flexibility index (Phi) is 6.95. The number of hydrogen-bond acceptors (Lipinski definition) is 7. The van der Waals surface area contributed by atoms with Crippen LogP contribution in [0.25, 0.3) is 11.3 Å². The number of halogens is 1. The fourth-order valence-corrected chi connectivity index (χ4v) is 3.78. The molecule has 0 radical (unpaired) electrons. The highest BCUT2D eigenvalue weighted by atomic mass is 19.1. The molecule has 1 aliphatic rings. The van der Waals surface area contributed by atoms with Crippen LogP contribution in [0.15, 0.2) is 48.5 Å². The van der Waals surface area contributed by atoms with Crippen molar-refractivity contribution in [3.63, 3.8) is 0 Å². The average molecular weight is 468 g/mol. The summed E-state index contributed by atoms with van der Waals surface area (Å²) in [6, 6.07) is 13.0. The van der Waals surface area contributed by atoms with E-state index in [1.807, 2.05) is 24.3 Å². The summed E-state index contributed by atoms with van der Waals surface area (Å²) in [6.07, 6.45) is 0. The van der Waals surface area contributed by atoms with Crippen LogP contribution in [0, 0.1) is 5.82 Å². The summed E-state index contributed by atoms with van der Waals surface area (Å²) in [6.45, 7) is 2.23. The predicted molar refractivity (Wildman–Crippen MR) is 126 cm³/mol. The Balaban J connectivity index is 1.40. The molecule has 1 fully saturated rings. The number of rotatable bonds is 6. The minimum absolute atomic E-state index is 0.255. The molecule has 3 aromatic rings. The van der Waals surface area contributed by atoms with Gasteiger partial charge in [0, 0.05) is 37.4 Å². The number of nitrogens with zero attached hydrogens (tertiary/aromatic N) is 4. The summed E-state index contributed by atoms with van der Waals surface area (Å²) in [5.41, 5.74) is 1.88. The van der Waals surface area contributed by atoms with Gasteiger partial charge in [0.25, 0.3) is 0 Å². The van der Waals surface area contributed by atoms with Gasteiger partial charge in [-0.1, -0.05) is 6.07 Å². The van der Waals surface area contributed by atoms with Crippen LogP contribution in [0.2, 0.25) is 0 Å². The Hall–Kier alpha value is -4.08. The maximum absolute atomic E-state index is 13.3. The number of ether oxygens (including phenoxy) is 3. The van der Waals surface area contributed by atoms with Gasteiger partial charge in [0.2, 0.25) is 5.75 Å². The Labute approximate surface area is 197 Å². The second-order valence-corrected chi connectivity index (χ2v) is 7.61. The first-order valence-electron chi connectivity index (χ1n) is 10.7. The molecule has 0 spiro atoms. The van der Waals surface area contributed by atoms with Crippen LogP contribution >= 0.6 is 0 Å². The van der Waals surface area contributed by atoms with E-state index in [-0.39, 0.29) is 6.03 Å². The van der Waals surface area contributed by atoms with Crippen molar-refractivity contribution in [2.45, 2.75) is 0 Å². The molecule has 0 atom stereocenters. The predicted octanol–water partition coefficient (Wildman–Crippen LogP) is 3.66. The number of methoxy groups -OCH3 is 3. The maximum atomic E-state index is 13.3. The third kappa shape index (κ3) is 4.95. The molecule has 1 saturated heterocycles. The van der Waals surface area contributed by atoms with Gasteiger partial charge >= 0.3 is 6.03 Å². The summed E-state index contributed by atoms with van der Waals surface area (Å²) >= 11 is 0. The van der Waals surface area contributed by atoms with Crippen LogP contribution in [-0.4, -0.2) is 68.6 Å². The lowest BCUT2D eigenvalue weighted by molar-refractivity contribution is 0.208. The van der Waals surface area contributed by atoms with Gasteiger partial charge in [0.15, 0.2) is 17.3 Å². The first-order valence-corrected chi connectivity index (χ1v) is 10.7. The van der Waals surface area contributed by atoms with Crippen molar-refractivity contribution in [2.75, 3.05) is 57.7 Å². The van der Waals surface area contributed by atoms with E-state index in [4.69, 9.17) is 14.2 Å². The highest BCUT2D eigenvalue weighted by Gasteiger charge is 2.23. The summed E-state index contributed by atoms with van der Waals surface area (Å²) in [5.74, 6) is 1.92. The second kappa shape index (κ2) is 10.2. The van der Waals surface area contributed by atoms with E-state index < -0.39 is 5.82 Å². The molecule has 0 bridgehead atoms. The Morgan fingerprint density at radius 1 is 0.912 bits per heavy atom. The van der Waals surface area contributed by atoms with Gasteiger partial charge in [0.1, 0.15) is 5.82 Å². The van der Waals surface area contributed by atoms with Crippen molar-refractivity contribution in [1.82, 2.24) is 15.1 Å². The van der Waals surface area contributed by atoms with E-state index in [9.17, 15) is 9.18 Å². The molecule has 2 amide bonds. The quantitative estimate of drug-likeness (QED) is 0.592. The van der Waals surface area contributed by atoms with Crippen LogP contribution in [0.5, 0.6) is 17.2 Å². The molecule has 178 valence electrons. The molecule has 2 aromatic carbocycles. The van der Waals surface area contributed by atoms with E-state index in [0.717, 1.165) is 11.4 Å². The molecular weight excluding hydrogens is 441 g/mol. The van der Waals surface area contributed by atoms with Crippen molar-refractivity contribution in [1.29, 1.82) is 0 Å². The molecule has 10 heteroatoms. The number of aromatic nitrogens is 2.